The lowest BCUT2D eigenvalue weighted by molar-refractivity contribution is 0.0693. The first-order valence-electron chi connectivity index (χ1n) is 9.96. The number of aryl methyl sites for hydroxylation is 1. The molecule has 3 aromatic carbocycles. The van der Waals surface area contributed by atoms with Gasteiger partial charge in [-0.25, -0.2) is 9.78 Å². The predicted octanol–water partition coefficient (Wildman–Crippen LogP) is 7.11. The number of ether oxygens (including phenoxy) is 1. The van der Waals surface area contributed by atoms with Gasteiger partial charge in [0.05, 0.1) is 16.6 Å². The van der Waals surface area contributed by atoms with Crippen LogP contribution in [0.4, 0.5) is 0 Å². The van der Waals surface area contributed by atoms with E-state index >= 15 is 0 Å². The van der Waals surface area contributed by atoms with Crippen molar-refractivity contribution < 1.29 is 9.53 Å². The minimum absolute atomic E-state index is 0.393. The average Bonchev–Trinajstić information content (AvgIpc) is 3.12. The summed E-state index contributed by atoms with van der Waals surface area (Å²) in [7, 11) is 0. The Hall–Kier alpha value is -3.08. The fraction of sp³-hybridized carbons (Fsp3) is 0.120. The molecule has 0 amide bonds. The van der Waals surface area contributed by atoms with Gasteiger partial charge in [0.1, 0.15) is 11.6 Å². The molecule has 0 radical (unpaired) electrons. The number of hydrogen-bond acceptors (Lipinski definition) is 3. The van der Waals surface area contributed by atoms with Gasteiger partial charge in [0.2, 0.25) is 0 Å². The second-order valence-corrected chi connectivity index (χ2v) is 7.90. The second-order valence-electron chi connectivity index (χ2n) is 7.02. The molecule has 31 heavy (non-hydrogen) atoms. The zero-order valence-electron chi connectivity index (χ0n) is 16.9. The number of halogens is 2. The molecule has 0 bridgehead atoms. The molecule has 1 heterocycles. The highest BCUT2D eigenvalue weighted by Crippen LogP contribution is 2.25. The predicted molar refractivity (Wildman–Crippen MR) is 126 cm³/mol. The van der Waals surface area contributed by atoms with Crippen LogP contribution in [-0.2, 0) is 11.3 Å². The monoisotopic (exact) mass is 450 g/mol. The summed E-state index contributed by atoms with van der Waals surface area (Å²) < 4.78 is 7.94. The first kappa shape index (κ1) is 21.2. The molecule has 156 valence electrons. The Labute approximate surface area is 190 Å². The minimum atomic E-state index is -0.476. The maximum Gasteiger partial charge on any atom is 0.343 e. The molecule has 0 unspecified atom stereocenters. The normalized spacial score (nSPS) is 11.6. The van der Waals surface area contributed by atoms with E-state index in [1.165, 1.54) is 0 Å². The number of nitrogens with zero attached hydrogens (tertiary/aromatic N) is 2. The number of benzene rings is 3. The Morgan fingerprint density at radius 2 is 1.55 bits per heavy atom. The Morgan fingerprint density at radius 3 is 2.19 bits per heavy atom. The van der Waals surface area contributed by atoms with E-state index in [2.05, 4.69) is 11.5 Å². The van der Waals surface area contributed by atoms with Crippen LogP contribution in [0.2, 0.25) is 10.0 Å². The van der Waals surface area contributed by atoms with Crippen molar-refractivity contribution in [1.29, 1.82) is 0 Å². The van der Waals surface area contributed by atoms with Gasteiger partial charge in [-0.1, -0.05) is 42.3 Å². The Balaban J connectivity index is 1.79. The number of carbonyl (C=O) groups excluding carboxylic acids is 1. The average molecular weight is 451 g/mol. The van der Waals surface area contributed by atoms with Crippen molar-refractivity contribution in [2.75, 3.05) is 0 Å². The van der Waals surface area contributed by atoms with Gasteiger partial charge >= 0.3 is 5.97 Å². The first-order valence-corrected chi connectivity index (χ1v) is 10.7. The summed E-state index contributed by atoms with van der Waals surface area (Å²) >= 11 is 12.0. The molecular weight excluding hydrogens is 431 g/mol. The fourth-order valence-corrected chi connectivity index (χ4v) is 3.56. The molecule has 0 aliphatic heterocycles. The zero-order chi connectivity index (χ0) is 21.8. The third-order valence-electron chi connectivity index (χ3n) is 4.80. The van der Waals surface area contributed by atoms with Crippen LogP contribution in [0.5, 0.6) is 0 Å². The van der Waals surface area contributed by atoms with E-state index in [0.29, 0.717) is 21.4 Å². The van der Waals surface area contributed by atoms with E-state index in [-0.39, 0.29) is 0 Å². The lowest BCUT2D eigenvalue weighted by atomic mass is 10.1. The molecular formula is C25H20Cl2N2O2. The molecule has 0 saturated carbocycles. The summed E-state index contributed by atoms with van der Waals surface area (Å²) in [6.07, 6.45) is 2.74. The first-order chi connectivity index (χ1) is 15.0. The molecule has 0 aliphatic carbocycles. The van der Waals surface area contributed by atoms with E-state index in [4.69, 9.17) is 32.9 Å². The number of aromatic nitrogens is 2. The molecule has 0 spiro atoms. The molecule has 0 N–H and O–H groups in total. The summed E-state index contributed by atoms with van der Waals surface area (Å²) in [5, 5.41) is 1.16. The van der Waals surface area contributed by atoms with Crippen molar-refractivity contribution in [1.82, 2.24) is 9.55 Å². The lowest BCUT2D eigenvalue weighted by Gasteiger charge is -2.11. The van der Waals surface area contributed by atoms with Gasteiger partial charge < -0.3 is 9.30 Å². The highest BCUT2D eigenvalue weighted by atomic mass is 35.5. The molecule has 6 heteroatoms. The van der Waals surface area contributed by atoms with Gasteiger partial charge in [-0.3, -0.25) is 0 Å². The minimum Gasteiger partial charge on any atom is -0.422 e. The topological polar surface area (TPSA) is 44.1 Å². The summed E-state index contributed by atoms with van der Waals surface area (Å²) in [4.78, 5) is 17.6. The van der Waals surface area contributed by atoms with Crippen molar-refractivity contribution in [3.63, 3.8) is 0 Å². The van der Waals surface area contributed by atoms with Crippen LogP contribution in [0.3, 0.4) is 0 Å². The van der Waals surface area contributed by atoms with Gasteiger partial charge in [-0.15, -0.1) is 0 Å². The van der Waals surface area contributed by atoms with E-state index < -0.39 is 5.97 Å². The number of fused-ring (bicyclic) bond motifs is 1. The van der Waals surface area contributed by atoms with Crippen LogP contribution < -0.4 is 0 Å². The Bertz CT molecular complexity index is 1240. The number of para-hydroxylation sites is 2. The van der Waals surface area contributed by atoms with Gasteiger partial charge in [0, 0.05) is 28.2 Å². The standard InChI is InChI=1S/C25H20Cl2N2O2/c1-2-15-29-22-6-4-3-5-21(22)28-24(29)16-23(17-7-11-19(26)12-8-17)31-25(30)18-9-13-20(27)14-10-18/h3-14,16H,2,15H2,1H3/b23-16+. The highest BCUT2D eigenvalue weighted by Gasteiger charge is 2.15. The van der Waals surface area contributed by atoms with Crippen molar-refractivity contribution in [3.8, 4) is 0 Å². The molecule has 4 nitrogen and oxygen atoms in total. The molecule has 0 aliphatic rings. The molecule has 0 saturated heterocycles. The van der Waals surface area contributed by atoms with Gasteiger partial charge in [-0.2, -0.15) is 0 Å². The quantitative estimate of drug-likeness (QED) is 0.232. The number of carbonyl (C=O) groups is 1. The molecule has 4 rings (SSSR count). The van der Waals surface area contributed by atoms with Crippen LogP contribution in [0.1, 0.15) is 35.1 Å². The molecule has 0 fully saturated rings. The number of esters is 1. The highest BCUT2D eigenvalue weighted by molar-refractivity contribution is 6.31. The second kappa shape index (κ2) is 9.38. The SMILES string of the molecule is CCCn1c(/C=C(/OC(=O)c2ccc(Cl)cc2)c2ccc(Cl)cc2)nc2ccccc21. The van der Waals surface area contributed by atoms with Crippen molar-refractivity contribution >= 4 is 52.0 Å². The van der Waals surface area contributed by atoms with Crippen molar-refractivity contribution in [3.05, 3.63) is 99.8 Å². The number of imidazole rings is 1. The Kier molecular flexibility index (Phi) is 6.40. The fourth-order valence-electron chi connectivity index (χ4n) is 3.31. The van der Waals surface area contributed by atoms with Crippen LogP contribution in [0.15, 0.2) is 72.8 Å². The zero-order valence-corrected chi connectivity index (χ0v) is 18.4. The summed E-state index contributed by atoms with van der Waals surface area (Å²) in [5.41, 5.74) is 3.06. The smallest absolute Gasteiger partial charge is 0.343 e. The van der Waals surface area contributed by atoms with Gasteiger partial charge in [-0.05, 0) is 67.1 Å². The third kappa shape index (κ3) is 4.82. The summed E-state index contributed by atoms with van der Waals surface area (Å²) in [6, 6.07) is 21.7. The van der Waals surface area contributed by atoms with Crippen LogP contribution in [0, 0.1) is 0 Å². The summed E-state index contributed by atoms with van der Waals surface area (Å²) in [6.45, 7) is 2.91. The number of hydrogen-bond donors (Lipinski definition) is 0. The van der Waals surface area contributed by atoms with Crippen LogP contribution >= 0.6 is 23.2 Å². The van der Waals surface area contributed by atoms with E-state index in [0.717, 1.165) is 35.4 Å². The van der Waals surface area contributed by atoms with Crippen LogP contribution in [0.25, 0.3) is 22.9 Å². The van der Waals surface area contributed by atoms with Gasteiger partial charge in [0.25, 0.3) is 0 Å². The molecule has 0 atom stereocenters. The lowest BCUT2D eigenvalue weighted by Crippen LogP contribution is -2.06. The maximum absolute atomic E-state index is 12.8. The van der Waals surface area contributed by atoms with E-state index in [1.54, 1.807) is 42.5 Å². The van der Waals surface area contributed by atoms with Crippen molar-refractivity contribution in [2.45, 2.75) is 19.9 Å². The maximum atomic E-state index is 12.8. The van der Waals surface area contributed by atoms with E-state index in [1.807, 2.05) is 36.4 Å². The Morgan fingerprint density at radius 1 is 0.935 bits per heavy atom. The molecule has 4 aromatic rings. The largest absolute Gasteiger partial charge is 0.422 e. The van der Waals surface area contributed by atoms with E-state index in [9.17, 15) is 4.79 Å². The number of rotatable bonds is 6. The molecule has 1 aromatic heterocycles. The summed E-state index contributed by atoms with van der Waals surface area (Å²) in [5.74, 6) is 0.636. The van der Waals surface area contributed by atoms with Crippen molar-refractivity contribution in [2.24, 2.45) is 0 Å². The van der Waals surface area contributed by atoms with Crippen LogP contribution in [-0.4, -0.2) is 15.5 Å². The van der Waals surface area contributed by atoms with Gasteiger partial charge in [0.15, 0.2) is 0 Å². The third-order valence-corrected chi connectivity index (χ3v) is 5.31.